The van der Waals surface area contributed by atoms with Gasteiger partial charge in [-0.05, 0) is 53.9 Å². The molecule has 0 atom stereocenters. The number of amides is 1. The van der Waals surface area contributed by atoms with Crippen LogP contribution in [0.1, 0.15) is 17.5 Å². The lowest BCUT2D eigenvalue weighted by Crippen LogP contribution is -2.45. The summed E-state index contributed by atoms with van der Waals surface area (Å²) in [6.07, 6.45) is 1.13. The van der Waals surface area contributed by atoms with Crippen molar-refractivity contribution in [2.45, 2.75) is 19.4 Å². The van der Waals surface area contributed by atoms with Gasteiger partial charge in [0.05, 0.1) is 7.11 Å². The predicted molar refractivity (Wildman–Crippen MR) is 130 cm³/mol. The number of anilines is 2. The molecule has 3 aromatic carbocycles. The maximum atomic E-state index is 12.4. The van der Waals surface area contributed by atoms with Crippen molar-refractivity contribution in [2.24, 2.45) is 0 Å². The van der Waals surface area contributed by atoms with Gasteiger partial charge in [-0.3, -0.25) is 9.69 Å². The van der Waals surface area contributed by atoms with E-state index in [9.17, 15) is 4.79 Å². The number of nitrogens with one attached hydrogen (secondary N) is 1. The van der Waals surface area contributed by atoms with Crippen LogP contribution in [0.5, 0.6) is 5.75 Å². The molecule has 0 radical (unpaired) electrons. The molecule has 0 saturated carbocycles. The first-order valence-electron chi connectivity index (χ1n) is 11.2. The summed E-state index contributed by atoms with van der Waals surface area (Å²) >= 11 is 0. The zero-order valence-electron chi connectivity index (χ0n) is 18.7. The smallest absolute Gasteiger partial charge is 0.224 e. The Kier molecular flexibility index (Phi) is 7.41. The molecule has 1 fully saturated rings. The van der Waals surface area contributed by atoms with E-state index < -0.39 is 0 Å². The zero-order valence-corrected chi connectivity index (χ0v) is 18.7. The number of aryl methyl sites for hydroxylation is 1. The normalized spacial score (nSPS) is 14.2. The van der Waals surface area contributed by atoms with Crippen molar-refractivity contribution < 1.29 is 9.53 Å². The highest BCUT2D eigenvalue weighted by molar-refractivity contribution is 5.91. The molecule has 1 N–H and O–H groups in total. The number of ether oxygens (including phenoxy) is 1. The second-order valence-corrected chi connectivity index (χ2v) is 8.20. The van der Waals surface area contributed by atoms with Gasteiger partial charge in [0.1, 0.15) is 5.75 Å². The fourth-order valence-electron chi connectivity index (χ4n) is 4.07. The molecule has 0 bridgehead atoms. The molecule has 4 rings (SSSR count). The molecular formula is C27H31N3O2. The van der Waals surface area contributed by atoms with E-state index in [1.165, 1.54) is 11.3 Å². The summed E-state index contributed by atoms with van der Waals surface area (Å²) in [4.78, 5) is 17.3. The zero-order chi connectivity index (χ0) is 22.2. The molecule has 3 aromatic rings. The van der Waals surface area contributed by atoms with Gasteiger partial charge in [-0.25, -0.2) is 0 Å². The second-order valence-electron chi connectivity index (χ2n) is 8.20. The Bertz CT molecular complexity index is 997. The third-order valence-electron chi connectivity index (χ3n) is 5.91. The summed E-state index contributed by atoms with van der Waals surface area (Å²) in [6.45, 7) is 5.14. The van der Waals surface area contributed by atoms with Crippen LogP contribution in [-0.2, 0) is 17.8 Å². The van der Waals surface area contributed by atoms with Crippen molar-refractivity contribution in [3.8, 4) is 5.75 Å². The van der Waals surface area contributed by atoms with Crippen LogP contribution in [0.2, 0.25) is 0 Å². The van der Waals surface area contributed by atoms with E-state index in [-0.39, 0.29) is 5.91 Å². The second kappa shape index (κ2) is 10.8. The molecule has 1 amide bonds. The molecule has 5 heteroatoms. The van der Waals surface area contributed by atoms with E-state index in [1.807, 2.05) is 36.4 Å². The number of hydrogen-bond acceptors (Lipinski definition) is 4. The van der Waals surface area contributed by atoms with E-state index in [0.717, 1.165) is 49.7 Å². The first kappa shape index (κ1) is 21.9. The number of carbonyl (C=O) groups is 1. The van der Waals surface area contributed by atoms with E-state index in [2.05, 4.69) is 57.6 Å². The number of nitrogens with zero attached hydrogens (tertiary/aromatic N) is 2. The van der Waals surface area contributed by atoms with Gasteiger partial charge in [0.2, 0.25) is 5.91 Å². The fraction of sp³-hybridized carbons (Fsp3) is 0.296. The average Bonchev–Trinajstić information content (AvgIpc) is 2.84. The molecule has 166 valence electrons. The van der Waals surface area contributed by atoms with Crippen LogP contribution in [0, 0.1) is 0 Å². The van der Waals surface area contributed by atoms with Gasteiger partial charge < -0.3 is 15.0 Å². The van der Waals surface area contributed by atoms with Crippen molar-refractivity contribution >= 4 is 17.3 Å². The van der Waals surface area contributed by atoms with Crippen molar-refractivity contribution in [1.29, 1.82) is 0 Å². The van der Waals surface area contributed by atoms with Crippen molar-refractivity contribution in [3.63, 3.8) is 0 Å². The van der Waals surface area contributed by atoms with E-state index in [4.69, 9.17) is 4.74 Å². The Morgan fingerprint density at radius 1 is 0.875 bits per heavy atom. The van der Waals surface area contributed by atoms with Crippen LogP contribution in [0.15, 0.2) is 78.9 Å². The summed E-state index contributed by atoms with van der Waals surface area (Å²) in [5.74, 6) is 0.842. The standard InChI is InChI=1S/C27H31N3O2/c1-32-26-9-5-8-22(20-26)10-15-27(31)28-24-11-13-25(14-12-24)30-18-16-29(17-19-30)21-23-6-3-2-4-7-23/h2-9,11-14,20H,10,15-19,21H2,1H3,(H,28,31). The topological polar surface area (TPSA) is 44.8 Å². The number of methoxy groups -OCH3 is 1. The quantitative estimate of drug-likeness (QED) is 0.569. The molecule has 1 saturated heterocycles. The average molecular weight is 430 g/mol. The van der Waals surface area contributed by atoms with Crippen molar-refractivity contribution in [2.75, 3.05) is 43.5 Å². The van der Waals surface area contributed by atoms with Crippen LogP contribution < -0.4 is 15.0 Å². The molecule has 1 aliphatic heterocycles. The molecule has 5 nitrogen and oxygen atoms in total. The molecule has 0 spiro atoms. The lowest BCUT2D eigenvalue weighted by Gasteiger charge is -2.36. The van der Waals surface area contributed by atoms with Gasteiger partial charge >= 0.3 is 0 Å². The summed E-state index contributed by atoms with van der Waals surface area (Å²) < 4.78 is 5.24. The molecule has 0 aliphatic carbocycles. The number of benzene rings is 3. The highest BCUT2D eigenvalue weighted by Gasteiger charge is 2.17. The van der Waals surface area contributed by atoms with Gasteiger partial charge in [0, 0.05) is 50.5 Å². The Morgan fingerprint density at radius 3 is 2.31 bits per heavy atom. The maximum Gasteiger partial charge on any atom is 0.224 e. The van der Waals surface area contributed by atoms with Crippen LogP contribution in [0.25, 0.3) is 0 Å². The van der Waals surface area contributed by atoms with Crippen LogP contribution in [0.4, 0.5) is 11.4 Å². The molecule has 32 heavy (non-hydrogen) atoms. The Hall–Kier alpha value is -3.31. The minimum Gasteiger partial charge on any atom is -0.497 e. The van der Waals surface area contributed by atoms with Gasteiger partial charge in [0.15, 0.2) is 0 Å². The predicted octanol–water partition coefficient (Wildman–Crippen LogP) is 4.59. The highest BCUT2D eigenvalue weighted by atomic mass is 16.5. The summed E-state index contributed by atoms with van der Waals surface area (Å²) in [5, 5.41) is 3.01. The van der Waals surface area contributed by atoms with Crippen molar-refractivity contribution in [1.82, 2.24) is 4.90 Å². The molecule has 1 heterocycles. The van der Waals surface area contributed by atoms with E-state index in [1.54, 1.807) is 7.11 Å². The van der Waals surface area contributed by atoms with Crippen molar-refractivity contribution in [3.05, 3.63) is 90.0 Å². The lowest BCUT2D eigenvalue weighted by molar-refractivity contribution is -0.116. The van der Waals surface area contributed by atoms with Crippen LogP contribution in [-0.4, -0.2) is 44.1 Å². The first-order valence-corrected chi connectivity index (χ1v) is 11.2. The number of piperazine rings is 1. The molecule has 0 unspecified atom stereocenters. The van der Waals surface area contributed by atoms with Gasteiger partial charge in [-0.15, -0.1) is 0 Å². The van der Waals surface area contributed by atoms with E-state index >= 15 is 0 Å². The Morgan fingerprint density at radius 2 is 1.59 bits per heavy atom. The fourth-order valence-corrected chi connectivity index (χ4v) is 4.07. The third-order valence-corrected chi connectivity index (χ3v) is 5.91. The first-order chi connectivity index (χ1) is 15.7. The van der Waals surface area contributed by atoms with Gasteiger partial charge in [-0.1, -0.05) is 42.5 Å². The highest BCUT2D eigenvalue weighted by Crippen LogP contribution is 2.21. The Balaban J connectivity index is 1.23. The largest absolute Gasteiger partial charge is 0.497 e. The number of hydrogen-bond donors (Lipinski definition) is 1. The molecule has 1 aliphatic rings. The van der Waals surface area contributed by atoms with Crippen LogP contribution in [0.3, 0.4) is 0 Å². The SMILES string of the molecule is COc1cccc(CCC(=O)Nc2ccc(N3CCN(Cc4ccccc4)CC3)cc2)c1. The summed E-state index contributed by atoms with van der Waals surface area (Å²) in [7, 11) is 1.65. The summed E-state index contributed by atoms with van der Waals surface area (Å²) in [5.41, 5.74) is 4.51. The maximum absolute atomic E-state index is 12.4. The summed E-state index contributed by atoms with van der Waals surface area (Å²) in [6, 6.07) is 26.7. The van der Waals surface area contributed by atoms with Gasteiger partial charge in [0.25, 0.3) is 0 Å². The van der Waals surface area contributed by atoms with E-state index in [0.29, 0.717) is 12.8 Å². The number of rotatable bonds is 8. The van der Waals surface area contributed by atoms with Crippen LogP contribution >= 0.6 is 0 Å². The minimum atomic E-state index is 0.0232. The number of carbonyl (C=O) groups excluding carboxylic acids is 1. The Labute approximate surface area is 190 Å². The molecule has 0 aromatic heterocycles. The minimum absolute atomic E-state index is 0.0232. The van der Waals surface area contributed by atoms with Gasteiger partial charge in [-0.2, -0.15) is 0 Å². The third kappa shape index (κ3) is 6.11. The molecular weight excluding hydrogens is 398 g/mol. The monoisotopic (exact) mass is 429 g/mol. The lowest BCUT2D eigenvalue weighted by atomic mass is 10.1.